The number of halogens is 4. The summed E-state index contributed by atoms with van der Waals surface area (Å²) in [5.41, 5.74) is -1.08. The Morgan fingerprint density at radius 1 is 1.19 bits per heavy atom. The Balaban J connectivity index is 2.64. The van der Waals surface area contributed by atoms with Gasteiger partial charge in [-0.05, 0) is 24.3 Å². The molecule has 3 nitrogen and oxygen atoms in total. The van der Waals surface area contributed by atoms with Crippen LogP contribution in [-0.2, 0) is 6.18 Å². The summed E-state index contributed by atoms with van der Waals surface area (Å²) in [5, 5.41) is 2.53. The largest absolute Gasteiger partial charge is 0.494 e. The molecule has 0 amide bonds. The summed E-state index contributed by atoms with van der Waals surface area (Å²) < 4.78 is 57.6. The van der Waals surface area contributed by atoms with E-state index in [2.05, 4.69) is 10.3 Å². The first-order chi connectivity index (χ1) is 9.86. The number of ether oxygens (including phenoxy) is 1. The van der Waals surface area contributed by atoms with Crippen LogP contribution >= 0.6 is 0 Å². The highest BCUT2D eigenvalue weighted by Gasteiger charge is 2.32. The lowest BCUT2D eigenvalue weighted by Gasteiger charge is -2.12. The number of nitrogens with zero attached hydrogens (tertiary/aromatic N) is 1. The summed E-state index contributed by atoms with van der Waals surface area (Å²) in [4.78, 5) is 3.97. The maximum absolute atomic E-state index is 14.2. The average molecular weight is 300 g/mol. The third-order valence-corrected chi connectivity index (χ3v) is 2.87. The van der Waals surface area contributed by atoms with Gasteiger partial charge in [-0.25, -0.2) is 9.37 Å². The predicted molar refractivity (Wildman–Crippen MR) is 70.7 cm³/mol. The van der Waals surface area contributed by atoms with E-state index in [1.807, 2.05) is 0 Å². The number of pyridine rings is 1. The van der Waals surface area contributed by atoms with E-state index < -0.39 is 17.6 Å². The number of anilines is 1. The van der Waals surface area contributed by atoms with Gasteiger partial charge in [0.2, 0.25) is 0 Å². The molecule has 0 bridgehead atoms. The minimum atomic E-state index is -4.54. The monoisotopic (exact) mass is 300 g/mol. The molecule has 1 aromatic heterocycles. The Morgan fingerprint density at radius 2 is 1.90 bits per heavy atom. The Kier molecular flexibility index (Phi) is 4.02. The number of rotatable bonds is 3. The SMILES string of the molecule is CNc1cc(C(F)(F)F)cc(-c2cccc(OC)c2F)n1. The van der Waals surface area contributed by atoms with Gasteiger partial charge in [0, 0.05) is 12.6 Å². The van der Waals surface area contributed by atoms with Crippen LogP contribution in [0.5, 0.6) is 5.75 Å². The van der Waals surface area contributed by atoms with E-state index in [1.54, 1.807) is 0 Å². The molecular weight excluding hydrogens is 288 g/mol. The van der Waals surface area contributed by atoms with Crippen LogP contribution in [0.15, 0.2) is 30.3 Å². The first-order valence-corrected chi connectivity index (χ1v) is 5.96. The fourth-order valence-corrected chi connectivity index (χ4v) is 1.83. The second kappa shape index (κ2) is 5.59. The molecule has 2 aromatic rings. The zero-order chi connectivity index (χ0) is 15.6. The molecule has 0 atom stereocenters. The van der Waals surface area contributed by atoms with Gasteiger partial charge >= 0.3 is 6.18 Å². The van der Waals surface area contributed by atoms with Crippen LogP contribution in [0, 0.1) is 5.82 Å². The maximum atomic E-state index is 14.2. The first-order valence-electron chi connectivity index (χ1n) is 5.96. The molecule has 0 unspecified atom stereocenters. The van der Waals surface area contributed by atoms with Crippen molar-refractivity contribution < 1.29 is 22.3 Å². The smallest absolute Gasteiger partial charge is 0.416 e. The summed E-state index contributed by atoms with van der Waals surface area (Å²) >= 11 is 0. The van der Waals surface area contributed by atoms with Crippen LogP contribution in [0.1, 0.15) is 5.56 Å². The Morgan fingerprint density at radius 3 is 2.48 bits per heavy atom. The zero-order valence-corrected chi connectivity index (χ0v) is 11.3. The summed E-state index contributed by atoms with van der Waals surface area (Å²) in [7, 11) is 2.72. The van der Waals surface area contributed by atoms with Gasteiger partial charge < -0.3 is 10.1 Å². The van der Waals surface area contributed by atoms with E-state index in [9.17, 15) is 17.6 Å². The van der Waals surface area contributed by atoms with Gasteiger partial charge in [0.1, 0.15) is 5.82 Å². The van der Waals surface area contributed by atoms with Crippen LogP contribution in [-0.4, -0.2) is 19.1 Å². The maximum Gasteiger partial charge on any atom is 0.416 e. The van der Waals surface area contributed by atoms with Crippen LogP contribution < -0.4 is 10.1 Å². The third kappa shape index (κ3) is 3.07. The fourth-order valence-electron chi connectivity index (χ4n) is 1.83. The van der Waals surface area contributed by atoms with Crippen molar-refractivity contribution in [2.45, 2.75) is 6.18 Å². The summed E-state index contributed by atoms with van der Waals surface area (Å²) in [6.45, 7) is 0. The lowest BCUT2D eigenvalue weighted by Crippen LogP contribution is -2.08. The number of hydrogen-bond acceptors (Lipinski definition) is 3. The number of hydrogen-bond donors (Lipinski definition) is 1. The van der Waals surface area contributed by atoms with Gasteiger partial charge in [-0.1, -0.05) is 6.07 Å². The van der Waals surface area contributed by atoms with E-state index in [0.717, 1.165) is 12.1 Å². The summed E-state index contributed by atoms with van der Waals surface area (Å²) in [6, 6.07) is 5.88. The average Bonchev–Trinajstić information content (AvgIpc) is 2.46. The first kappa shape index (κ1) is 15.1. The molecule has 1 aromatic carbocycles. The molecule has 0 spiro atoms. The second-order valence-electron chi connectivity index (χ2n) is 4.20. The van der Waals surface area contributed by atoms with E-state index in [-0.39, 0.29) is 22.8 Å². The highest BCUT2D eigenvalue weighted by Crippen LogP contribution is 2.35. The molecule has 0 aliphatic heterocycles. The molecule has 0 saturated carbocycles. The lowest BCUT2D eigenvalue weighted by atomic mass is 10.1. The van der Waals surface area contributed by atoms with Gasteiger partial charge in [0.25, 0.3) is 0 Å². The van der Waals surface area contributed by atoms with E-state index in [0.29, 0.717) is 0 Å². The topological polar surface area (TPSA) is 34.1 Å². The molecule has 0 aliphatic carbocycles. The van der Waals surface area contributed by atoms with Crippen molar-refractivity contribution in [2.75, 3.05) is 19.5 Å². The van der Waals surface area contributed by atoms with Gasteiger partial charge in [-0.15, -0.1) is 0 Å². The molecule has 0 radical (unpaired) electrons. The van der Waals surface area contributed by atoms with Crippen molar-refractivity contribution in [2.24, 2.45) is 0 Å². The molecule has 0 aliphatic rings. The molecule has 0 fully saturated rings. The van der Waals surface area contributed by atoms with Gasteiger partial charge in [-0.2, -0.15) is 13.2 Å². The van der Waals surface area contributed by atoms with Crippen LogP contribution in [0.3, 0.4) is 0 Å². The number of methoxy groups -OCH3 is 1. The minimum Gasteiger partial charge on any atom is -0.494 e. The van der Waals surface area contributed by atoms with Crippen LogP contribution in [0.4, 0.5) is 23.4 Å². The quantitative estimate of drug-likeness (QED) is 0.871. The number of alkyl halides is 3. The third-order valence-electron chi connectivity index (χ3n) is 2.87. The Hall–Kier alpha value is -2.31. The molecule has 0 saturated heterocycles. The van der Waals surface area contributed by atoms with Gasteiger partial charge in [-0.3, -0.25) is 0 Å². The molecule has 21 heavy (non-hydrogen) atoms. The van der Waals surface area contributed by atoms with E-state index >= 15 is 0 Å². The summed E-state index contributed by atoms with van der Waals surface area (Å²) in [5.74, 6) is -0.811. The highest BCUT2D eigenvalue weighted by atomic mass is 19.4. The van der Waals surface area contributed by atoms with Crippen molar-refractivity contribution in [1.82, 2.24) is 4.98 Å². The van der Waals surface area contributed by atoms with Crippen molar-refractivity contribution in [3.63, 3.8) is 0 Å². The fraction of sp³-hybridized carbons (Fsp3) is 0.214. The molecule has 7 heteroatoms. The molecule has 112 valence electrons. The standard InChI is InChI=1S/C14H12F4N2O/c1-19-12-7-8(14(16,17)18)6-10(20-12)9-4-3-5-11(21-2)13(9)15/h3-7H,1-2H3,(H,19,20). The van der Waals surface area contributed by atoms with Crippen molar-refractivity contribution >= 4 is 5.82 Å². The van der Waals surface area contributed by atoms with Gasteiger partial charge in [0.15, 0.2) is 11.6 Å². The number of nitrogens with one attached hydrogen (secondary N) is 1. The van der Waals surface area contributed by atoms with E-state index in [1.165, 1.54) is 32.4 Å². The van der Waals surface area contributed by atoms with Crippen molar-refractivity contribution in [3.05, 3.63) is 41.7 Å². The highest BCUT2D eigenvalue weighted by molar-refractivity contribution is 5.65. The summed E-state index contributed by atoms with van der Waals surface area (Å²) in [6.07, 6.45) is -4.54. The van der Waals surface area contributed by atoms with Crippen molar-refractivity contribution in [3.8, 4) is 17.0 Å². The minimum absolute atomic E-state index is 0.00189. The van der Waals surface area contributed by atoms with E-state index in [4.69, 9.17) is 4.74 Å². The normalized spacial score (nSPS) is 11.3. The zero-order valence-electron chi connectivity index (χ0n) is 11.3. The predicted octanol–water partition coefficient (Wildman–Crippen LogP) is 3.96. The Labute approximate surface area is 118 Å². The Bertz CT molecular complexity index is 656. The number of benzene rings is 1. The molecule has 1 N–H and O–H groups in total. The van der Waals surface area contributed by atoms with Crippen LogP contribution in [0.25, 0.3) is 11.3 Å². The second-order valence-corrected chi connectivity index (χ2v) is 4.20. The molecule has 1 heterocycles. The van der Waals surface area contributed by atoms with Crippen molar-refractivity contribution in [1.29, 1.82) is 0 Å². The molecular formula is C14H12F4N2O. The molecule has 2 rings (SSSR count). The van der Waals surface area contributed by atoms with Gasteiger partial charge in [0.05, 0.1) is 18.4 Å². The van der Waals surface area contributed by atoms with Crippen LogP contribution in [0.2, 0.25) is 0 Å². The number of aromatic nitrogens is 1. The lowest BCUT2D eigenvalue weighted by molar-refractivity contribution is -0.137.